The van der Waals surface area contributed by atoms with Gasteiger partial charge in [-0.3, -0.25) is 0 Å². The van der Waals surface area contributed by atoms with Crippen LogP contribution in [0.15, 0.2) is 36.5 Å². The van der Waals surface area contributed by atoms with Crippen LogP contribution in [0.1, 0.15) is 23.6 Å². The molecule has 0 saturated heterocycles. The molecule has 1 heterocycles. The number of nitrogens with two attached hydrogens (primary N) is 1. The third kappa shape index (κ3) is 3.25. The first-order valence-electron chi connectivity index (χ1n) is 6.61. The van der Waals surface area contributed by atoms with Crippen LogP contribution in [0.4, 0.5) is 11.5 Å². The Kier molecular flexibility index (Phi) is 4.05. The maximum Gasteiger partial charge on any atom is 0.130 e. The van der Waals surface area contributed by atoms with Gasteiger partial charge in [0.05, 0.1) is 0 Å². The monoisotopic (exact) mass is 255 g/mol. The Labute approximate surface area is 115 Å². The van der Waals surface area contributed by atoms with Crippen molar-refractivity contribution in [2.75, 3.05) is 17.7 Å². The summed E-state index contributed by atoms with van der Waals surface area (Å²) >= 11 is 0. The molecule has 0 unspecified atom stereocenters. The highest BCUT2D eigenvalue weighted by Crippen LogP contribution is 2.18. The second-order valence-electron chi connectivity index (χ2n) is 4.93. The topological polar surface area (TPSA) is 42.1 Å². The molecule has 1 aromatic carbocycles. The number of rotatable bonds is 4. The van der Waals surface area contributed by atoms with Crippen LogP contribution in [0.2, 0.25) is 0 Å². The zero-order valence-electron chi connectivity index (χ0n) is 11.9. The van der Waals surface area contributed by atoms with Gasteiger partial charge in [-0.05, 0) is 30.0 Å². The minimum Gasteiger partial charge on any atom is -0.398 e. The number of hydrogen-bond acceptors (Lipinski definition) is 3. The van der Waals surface area contributed by atoms with E-state index in [1.807, 2.05) is 26.2 Å². The van der Waals surface area contributed by atoms with Crippen molar-refractivity contribution in [3.63, 3.8) is 0 Å². The second-order valence-corrected chi connectivity index (χ2v) is 4.93. The highest BCUT2D eigenvalue weighted by molar-refractivity contribution is 5.54. The summed E-state index contributed by atoms with van der Waals surface area (Å²) < 4.78 is 0. The molecule has 0 fully saturated rings. The van der Waals surface area contributed by atoms with E-state index in [1.165, 1.54) is 11.1 Å². The second kappa shape index (κ2) is 5.74. The molecule has 0 aliphatic heterocycles. The van der Waals surface area contributed by atoms with Gasteiger partial charge in [0.1, 0.15) is 5.82 Å². The van der Waals surface area contributed by atoms with Gasteiger partial charge >= 0.3 is 0 Å². The quantitative estimate of drug-likeness (QED) is 0.912. The Morgan fingerprint density at radius 2 is 1.79 bits per heavy atom. The van der Waals surface area contributed by atoms with Crippen LogP contribution < -0.4 is 10.6 Å². The average Bonchev–Trinajstić information content (AvgIpc) is 2.42. The lowest BCUT2D eigenvalue weighted by atomic mass is 10.1. The fourth-order valence-electron chi connectivity index (χ4n) is 1.97. The molecule has 0 amide bonds. The minimum atomic E-state index is 0.790. The van der Waals surface area contributed by atoms with Gasteiger partial charge in [-0.15, -0.1) is 0 Å². The molecule has 0 spiro atoms. The lowest BCUT2D eigenvalue weighted by molar-refractivity contribution is 0.896. The predicted molar refractivity (Wildman–Crippen MR) is 81.3 cm³/mol. The number of aromatic nitrogens is 1. The molecular formula is C16H21N3. The van der Waals surface area contributed by atoms with E-state index in [-0.39, 0.29) is 0 Å². The molecule has 100 valence electrons. The first-order valence-corrected chi connectivity index (χ1v) is 6.61. The van der Waals surface area contributed by atoms with E-state index in [0.717, 1.165) is 30.0 Å². The maximum absolute atomic E-state index is 5.92. The predicted octanol–water partition coefficient (Wildman–Crippen LogP) is 3.17. The van der Waals surface area contributed by atoms with Gasteiger partial charge in [0.2, 0.25) is 0 Å². The number of pyridine rings is 1. The van der Waals surface area contributed by atoms with Crippen LogP contribution in [-0.4, -0.2) is 12.0 Å². The molecule has 0 aliphatic rings. The molecule has 2 rings (SSSR count). The van der Waals surface area contributed by atoms with E-state index < -0.39 is 0 Å². The fraction of sp³-hybridized carbons (Fsp3) is 0.312. The van der Waals surface area contributed by atoms with Crippen LogP contribution >= 0.6 is 0 Å². The molecule has 3 nitrogen and oxygen atoms in total. The normalized spacial score (nSPS) is 10.5. The zero-order chi connectivity index (χ0) is 13.8. The van der Waals surface area contributed by atoms with Crippen molar-refractivity contribution in [2.45, 2.75) is 26.8 Å². The zero-order valence-corrected chi connectivity index (χ0v) is 11.9. The molecule has 2 aromatic rings. The van der Waals surface area contributed by atoms with Crippen molar-refractivity contribution in [1.29, 1.82) is 0 Å². The summed E-state index contributed by atoms with van der Waals surface area (Å²) in [6.45, 7) is 4.97. The fourth-order valence-corrected chi connectivity index (χ4v) is 1.97. The Morgan fingerprint density at radius 1 is 1.16 bits per heavy atom. The molecule has 0 radical (unpaired) electrons. The molecule has 0 atom stereocenters. The van der Waals surface area contributed by atoms with Crippen LogP contribution in [0.25, 0.3) is 0 Å². The van der Waals surface area contributed by atoms with Gasteiger partial charge in [-0.25, -0.2) is 4.98 Å². The molecular weight excluding hydrogens is 234 g/mol. The van der Waals surface area contributed by atoms with Crippen molar-refractivity contribution in [2.24, 2.45) is 0 Å². The summed E-state index contributed by atoms with van der Waals surface area (Å²) in [6.07, 6.45) is 2.90. The molecule has 1 aromatic heterocycles. The van der Waals surface area contributed by atoms with E-state index in [2.05, 4.69) is 41.1 Å². The van der Waals surface area contributed by atoms with Gasteiger partial charge in [0.25, 0.3) is 0 Å². The summed E-state index contributed by atoms with van der Waals surface area (Å²) in [5.74, 6) is 0.905. The van der Waals surface area contributed by atoms with Crippen LogP contribution in [0, 0.1) is 6.92 Å². The molecule has 0 aliphatic carbocycles. The van der Waals surface area contributed by atoms with Crippen molar-refractivity contribution >= 4 is 11.5 Å². The van der Waals surface area contributed by atoms with Crippen LogP contribution in [-0.2, 0) is 13.0 Å². The third-order valence-electron chi connectivity index (χ3n) is 3.37. The van der Waals surface area contributed by atoms with Gasteiger partial charge in [0.15, 0.2) is 0 Å². The summed E-state index contributed by atoms with van der Waals surface area (Å²) in [4.78, 5) is 6.52. The van der Waals surface area contributed by atoms with Crippen molar-refractivity contribution < 1.29 is 0 Å². The number of nitrogen functional groups attached to an aromatic ring is 1. The number of anilines is 2. The minimum absolute atomic E-state index is 0.790. The first-order chi connectivity index (χ1) is 9.10. The molecule has 2 N–H and O–H groups in total. The van der Waals surface area contributed by atoms with Gasteiger partial charge in [-0.1, -0.05) is 31.2 Å². The van der Waals surface area contributed by atoms with E-state index in [1.54, 1.807) is 0 Å². The largest absolute Gasteiger partial charge is 0.398 e. The molecule has 0 bridgehead atoms. The first kappa shape index (κ1) is 13.4. The Hall–Kier alpha value is -2.03. The lowest BCUT2D eigenvalue weighted by Gasteiger charge is -2.19. The SMILES string of the molecule is CCc1ccc(CN(C)c2cc(N)c(C)cn2)cc1. The van der Waals surface area contributed by atoms with Crippen LogP contribution in [0.5, 0.6) is 0 Å². The number of hydrogen-bond donors (Lipinski definition) is 1. The highest BCUT2D eigenvalue weighted by atomic mass is 15.2. The van der Waals surface area contributed by atoms with E-state index >= 15 is 0 Å². The molecule has 3 heteroatoms. The summed E-state index contributed by atoms with van der Waals surface area (Å²) in [6, 6.07) is 10.6. The summed E-state index contributed by atoms with van der Waals surface area (Å²) in [5, 5.41) is 0. The Balaban J connectivity index is 2.10. The smallest absolute Gasteiger partial charge is 0.130 e. The maximum atomic E-state index is 5.92. The number of aryl methyl sites for hydroxylation is 2. The number of benzene rings is 1. The van der Waals surface area contributed by atoms with Gasteiger partial charge in [-0.2, -0.15) is 0 Å². The van der Waals surface area contributed by atoms with Crippen molar-refractivity contribution in [1.82, 2.24) is 4.98 Å². The van der Waals surface area contributed by atoms with Crippen molar-refractivity contribution in [3.05, 3.63) is 53.2 Å². The van der Waals surface area contributed by atoms with E-state index in [4.69, 9.17) is 5.73 Å². The van der Waals surface area contributed by atoms with Crippen molar-refractivity contribution in [3.8, 4) is 0 Å². The Morgan fingerprint density at radius 3 is 2.37 bits per heavy atom. The van der Waals surface area contributed by atoms with E-state index in [0.29, 0.717) is 0 Å². The van der Waals surface area contributed by atoms with E-state index in [9.17, 15) is 0 Å². The average molecular weight is 255 g/mol. The molecule has 0 saturated carbocycles. The number of nitrogens with zero attached hydrogens (tertiary/aromatic N) is 2. The summed E-state index contributed by atoms with van der Waals surface area (Å²) in [5.41, 5.74) is 10.4. The molecule has 19 heavy (non-hydrogen) atoms. The highest BCUT2D eigenvalue weighted by Gasteiger charge is 2.05. The van der Waals surface area contributed by atoms with Gasteiger partial charge in [0, 0.05) is 31.5 Å². The van der Waals surface area contributed by atoms with Gasteiger partial charge < -0.3 is 10.6 Å². The van der Waals surface area contributed by atoms with Crippen LogP contribution in [0.3, 0.4) is 0 Å². The lowest BCUT2D eigenvalue weighted by Crippen LogP contribution is -2.18. The summed E-state index contributed by atoms with van der Waals surface area (Å²) in [7, 11) is 2.03. The Bertz CT molecular complexity index is 546. The third-order valence-corrected chi connectivity index (χ3v) is 3.37. The standard InChI is InChI=1S/C16H21N3/c1-4-13-5-7-14(8-6-13)11-19(3)16-9-15(17)12(2)10-18-16/h5-10H,4,11H2,1-3H3,(H2,17,18).